The summed E-state index contributed by atoms with van der Waals surface area (Å²) < 4.78 is 2.06. The molecule has 2 heterocycles. The normalized spacial score (nSPS) is 18.9. The third-order valence-corrected chi connectivity index (χ3v) is 4.22. The minimum Gasteiger partial charge on any atom is -0.394 e. The van der Waals surface area contributed by atoms with Crippen molar-refractivity contribution in [2.24, 2.45) is 0 Å². The topological polar surface area (TPSA) is 45.5 Å². The van der Waals surface area contributed by atoms with Crippen LogP contribution in [0.2, 0.25) is 0 Å². The molecule has 0 spiro atoms. The fraction of sp³-hybridized carbons (Fsp3) is 0.438. The first-order valence-corrected chi connectivity index (χ1v) is 7.16. The van der Waals surface area contributed by atoms with E-state index in [9.17, 15) is 9.90 Å². The van der Waals surface area contributed by atoms with Crippen molar-refractivity contribution in [3.05, 3.63) is 36.0 Å². The Labute approximate surface area is 118 Å². The van der Waals surface area contributed by atoms with E-state index in [1.165, 1.54) is 0 Å². The Morgan fingerprint density at radius 1 is 1.40 bits per heavy atom. The van der Waals surface area contributed by atoms with Crippen LogP contribution in [0.15, 0.2) is 30.3 Å². The second kappa shape index (κ2) is 5.29. The van der Waals surface area contributed by atoms with Gasteiger partial charge in [0.25, 0.3) is 0 Å². The number of aliphatic hydroxyl groups excluding tert-OH is 1. The highest BCUT2D eigenvalue weighted by atomic mass is 16.3. The zero-order chi connectivity index (χ0) is 14.1. The van der Waals surface area contributed by atoms with Gasteiger partial charge in [-0.05, 0) is 37.3 Å². The first-order valence-electron chi connectivity index (χ1n) is 7.16. The Balaban J connectivity index is 1.86. The second-order valence-electron chi connectivity index (χ2n) is 5.50. The monoisotopic (exact) mass is 272 g/mol. The number of carbonyl (C=O) groups is 1. The van der Waals surface area contributed by atoms with Gasteiger partial charge in [0.1, 0.15) is 6.54 Å². The Morgan fingerprint density at radius 2 is 2.20 bits per heavy atom. The van der Waals surface area contributed by atoms with Gasteiger partial charge in [-0.3, -0.25) is 4.79 Å². The van der Waals surface area contributed by atoms with Crippen LogP contribution in [0.3, 0.4) is 0 Å². The predicted octanol–water partition coefficient (Wildman–Crippen LogP) is 1.93. The fourth-order valence-electron chi connectivity index (χ4n) is 3.14. The Hall–Kier alpha value is -1.81. The Morgan fingerprint density at radius 3 is 3.00 bits per heavy atom. The number of aryl methyl sites for hydroxylation is 1. The third kappa shape index (κ3) is 2.20. The first kappa shape index (κ1) is 13.2. The molecule has 1 amide bonds. The minimum absolute atomic E-state index is 0.00429. The average Bonchev–Trinajstić information content (AvgIpc) is 3.04. The Kier molecular flexibility index (Phi) is 3.49. The van der Waals surface area contributed by atoms with Crippen LogP contribution in [0.25, 0.3) is 10.9 Å². The molecule has 4 nitrogen and oxygen atoms in total. The molecule has 1 saturated heterocycles. The van der Waals surface area contributed by atoms with Gasteiger partial charge < -0.3 is 14.6 Å². The van der Waals surface area contributed by atoms with Gasteiger partial charge >= 0.3 is 0 Å². The number of hydrogen-bond acceptors (Lipinski definition) is 2. The maximum absolute atomic E-state index is 12.5. The van der Waals surface area contributed by atoms with Crippen molar-refractivity contribution in [2.45, 2.75) is 32.4 Å². The van der Waals surface area contributed by atoms with E-state index in [0.29, 0.717) is 6.54 Å². The number of para-hydroxylation sites is 1. The van der Waals surface area contributed by atoms with Crippen LogP contribution < -0.4 is 0 Å². The van der Waals surface area contributed by atoms with Crippen LogP contribution in [-0.2, 0) is 11.3 Å². The molecule has 1 atom stereocenters. The number of nitrogens with zero attached hydrogens (tertiary/aromatic N) is 2. The van der Waals surface area contributed by atoms with Gasteiger partial charge in [-0.2, -0.15) is 0 Å². The second-order valence-corrected chi connectivity index (χ2v) is 5.50. The number of aliphatic hydroxyl groups is 1. The summed E-state index contributed by atoms with van der Waals surface area (Å²) in [5, 5.41) is 10.5. The number of rotatable bonds is 3. The highest BCUT2D eigenvalue weighted by Crippen LogP contribution is 2.21. The maximum Gasteiger partial charge on any atom is 0.242 e. The van der Waals surface area contributed by atoms with Gasteiger partial charge in [0, 0.05) is 17.8 Å². The van der Waals surface area contributed by atoms with Gasteiger partial charge in [0.05, 0.1) is 12.6 Å². The molecule has 1 aliphatic heterocycles. The van der Waals surface area contributed by atoms with E-state index in [2.05, 4.69) is 16.7 Å². The van der Waals surface area contributed by atoms with Gasteiger partial charge in [0.15, 0.2) is 0 Å². The number of benzene rings is 1. The lowest BCUT2D eigenvalue weighted by atomic mass is 10.2. The molecule has 2 aromatic rings. The summed E-state index contributed by atoms with van der Waals surface area (Å²) in [5.74, 6) is 0.103. The first-order chi connectivity index (χ1) is 9.70. The number of fused-ring (bicyclic) bond motifs is 1. The quantitative estimate of drug-likeness (QED) is 0.928. The van der Waals surface area contributed by atoms with E-state index in [4.69, 9.17) is 0 Å². The lowest BCUT2D eigenvalue weighted by Crippen LogP contribution is -2.39. The molecule has 20 heavy (non-hydrogen) atoms. The summed E-state index contributed by atoms with van der Waals surface area (Å²) in [7, 11) is 0. The van der Waals surface area contributed by atoms with E-state index in [1.54, 1.807) is 0 Å². The van der Waals surface area contributed by atoms with Gasteiger partial charge in [-0.1, -0.05) is 18.2 Å². The molecular formula is C16H20N2O2. The summed E-state index contributed by atoms with van der Waals surface area (Å²) in [6, 6.07) is 10.2. The van der Waals surface area contributed by atoms with E-state index < -0.39 is 0 Å². The Bertz CT molecular complexity index is 632. The highest BCUT2D eigenvalue weighted by Gasteiger charge is 2.28. The van der Waals surface area contributed by atoms with E-state index in [1.807, 2.05) is 30.0 Å². The van der Waals surface area contributed by atoms with Crippen molar-refractivity contribution in [2.75, 3.05) is 13.2 Å². The molecule has 1 aromatic heterocycles. The van der Waals surface area contributed by atoms with E-state index in [-0.39, 0.29) is 18.6 Å². The molecule has 1 unspecified atom stereocenters. The van der Waals surface area contributed by atoms with E-state index >= 15 is 0 Å². The predicted molar refractivity (Wildman–Crippen MR) is 78.5 cm³/mol. The molecule has 1 fully saturated rings. The zero-order valence-corrected chi connectivity index (χ0v) is 11.7. The molecule has 0 saturated carbocycles. The zero-order valence-electron chi connectivity index (χ0n) is 11.7. The largest absolute Gasteiger partial charge is 0.394 e. The highest BCUT2D eigenvalue weighted by molar-refractivity contribution is 5.84. The molecule has 0 bridgehead atoms. The maximum atomic E-state index is 12.5. The number of amides is 1. The minimum atomic E-state index is 0.00429. The summed E-state index contributed by atoms with van der Waals surface area (Å²) in [6.07, 6.45) is 1.90. The van der Waals surface area contributed by atoms with Crippen LogP contribution in [0.1, 0.15) is 18.5 Å². The van der Waals surface area contributed by atoms with Crippen LogP contribution in [0.5, 0.6) is 0 Å². The number of hydrogen-bond donors (Lipinski definition) is 1. The summed E-state index contributed by atoms with van der Waals surface area (Å²) >= 11 is 0. The lowest BCUT2D eigenvalue weighted by Gasteiger charge is -2.23. The SMILES string of the molecule is Cc1cc2ccccc2n1CC(=O)N1CCCC1CO. The summed E-state index contributed by atoms with van der Waals surface area (Å²) in [4.78, 5) is 14.3. The average molecular weight is 272 g/mol. The van der Waals surface area contributed by atoms with Crippen molar-refractivity contribution < 1.29 is 9.90 Å². The number of carbonyl (C=O) groups excluding carboxylic acids is 1. The van der Waals surface area contributed by atoms with Gasteiger partial charge in [0.2, 0.25) is 5.91 Å². The number of aromatic nitrogens is 1. The third-order valence-electron chi connectivity index (χ3n) is 4.22. The molecule has 106 valence electrons. The molecule has 0 aliphatic carbocycles. The molecule has 4 heteroatoms. The van der Waals surface area contributed by atoms with Crippen LogP contribution in [-0.4, -0.2) is 39.7 Å². The van der Waals surface area contributed by atoms with E-state index in [0.717, 1.165) is 36.0 Å². The molecule has 1 aromatic carbocycles. The van der Waals surface area contributed by atoms with Gasteiger partial charge in [-0.15, -0.1) is 0 Å². The molecular weight excluding hydrogens is 252 g/mol. The molecule has 0 radical (unpaired) electrons. The van der Waals surface area contributed by atoms with Crippen molar-refractivity contribution in [1.82, 2.24) is 9.47 Å². The van der Waals surface area contributed by atoms with Crippen molar-refractivity contribution in [3.63, 3.8) is 0 Å². The van der Waals surface area contributed by atoms with Crippen LogP contribution in [0, 0.1) is 6.92 Å². The lowest BCUT2D eigenvalue weighted by molar-refractivity contribution is -0.133. The van der Waals surface area contributed by atoms with Crippen LogP contribution in [0.4, 0.5) is 0 Å². The van der Waals surface area contributed by atoms with Gasteiger partial charge in [-0.25, -0.2) is 0 Å². The smallest absolute Gasteiger partial charge is 0.242 e. The van der Waals surface area contributed by atoms with Crippen LogP contribution >= 0.6 is 0 Å². The molecule has 1 N–H and O–H groups in total. The molecule has 3 rings (SSSR count). The molecule has 1 aliphatic rings. The summed E-state index contributed by atoms with van der Waals surface area (Å²) in [6.45, 7) is 3.22. The summed E-state index contributed by atoms with van der Waals surface area (Å²) in [5.41, 5.74) is 2.19. The number of likely N-dealkylation sites (tertiary alicyclic amines) is 1. The van der Waals surface area contributed by atoms with Crippen molar-refractivity contribution in [3.8, 4) is 0 Å². The standard InChI is InChI=1S/C16H20N2O2/c1-12-9-13-5-2-3-7-15(13)18(12)10-16(20)17-8-4-6-14(17)11-19/h2-3,5,7,9,14,19H,4,6,8,10-11H2,1H3. The van der Waals surface area contributed by atoms with Crippen molar-refractivity contribution >= 4 is 16.8 Å². The van der Waals surface area contributed by atoms with Crippen molar-refractivity contribution in [1.29, 1.82) is 0 Å². The fourth-order valence-corrected chi connectivity index (χ4v) is 3.14.